The van der Waals surface area contributed by atoms with Crippen LogP contribution in [0.5, 0.6) is 0 Å². The number of nitrogens with one attached hydrogen (secondary N) is 1. The molecule has 0 bridgehead atoms. The molecule has 1 heterocycles. The van der Waals surface area contributed by atoms with E-state index in [-0.39, 0.29) is 12.2 Å². The van der Waals surface area contributed by atoms with E-state index in [1.165, 1.54) is 6.92 Å². The lowest BCUT2D eigenvalue weighted by Crippen LogP contribution is -2.46. The molecule has 1 fully saturated rings. The number of hydrogen-bond acceptors (Lipinski definition) is 6. The first-order valence-corrected chi connectivity index (χ1v) is 9.64. The van der Waals surface area contributed by atoms with E-state index in [0.717, 1.165) is 0 Å². The lowest BCUT2D eigenvalue weighted by atomic mass is 10.2. The van der Waals surface area contributed by atoms with Gasteiger partial charge in [-0.25, -0.2) is 21.6 Å². The van der Waals surface area contributed by atoms with Gasteiger partial charge >= 0.3 is 5.97 Å². The van der Waals surface area contributed by atoms with Gasteiger partial charge in [0.15, 0.2) is 9.84 Å². The highest BCUT2D eigenvalue weighted by molar-refractivity contribution is 7.95. The van der Waals surface area contributed by atoms with Crippen LogP contribution in [-0.4, -0.2) is 51.2 Å². The predicted octanol–water partition coefficient (Wildman–Crippen LogP) is -0.177. The zero-order valence-corrected chi connectivity index (χ0v) is 13.7. The number of carbonyl (C=O) groups is 1. The number of esters is 1. The number of sulfonamides is 1. The number of rotatable bonds is 4. The van der Waals surface area contributed by atoms with Gasteiger partial charge in [0.1, 0.15) is 11.6 Å². The Morgan fingerprint density at radius 2 is 1.90 bits per heavy atom. The van der Waals surface area contributed by atoms with Gasteiger partial charge in [-0.2, -0.15) is 0 Å². The van der Waals surface area contributed by atoms with Crippen molar-refractivity contribution in [2.24, 2.45) is 0 Å². The molecule has 0 radical (unpaired) electrons. The Balaban J connectivity index is 2.70. The van der Waals surface area contributed by atoms with Crippen LogP contribution in [0.1, 0.15) is 34.1 Å². The first kappa shape index (κ1) is 17.4. The van der Waals surface area contributed by atoms with E-state index >= 15 is 0 Å². The summed E-state index contributed by atoms with van der Waals surface area (Å²) in [6.07, 6.45) is 0.0543. The van der Waals surface area contributed by atoms with Crippen molar-refractivity contribution in [3.8, 4) is 0 Å². The highest BCUT2D eigenvalue weighted by Gasteiger charge is 2.38. The summed E-state index contributed by atoms with van der Waals surface area (Å²) in [4.78, 5) is 11.7. The molecule has 7 nitrogen and oxygen atoms in total. The molecule has 0 spiro atoms. The van der Waals surface area contributed by atoms with Gasteiger partial charge in [0.05, 0.1) is 16.8 Å². The van der Waals surface area contributed by atoms with E-state index in [1.807, 2.05) is 0 Å². The van der Waals surface area contributed by atoms with Crippen molar-refractivity contribution >= 4 is 25.8 Å². The molecule has 0 aromatic rings. The van der Waals surface area contributed by atoms with Crippen LogP contribution in [-0.2, 0) is 29.4 Å². The summed E-state index contributed by atoms with van der Waals surface area (Å²) in [5.74, 6) is -1.23. The van der Waals surface area contributed by atoms with Crippen LogP contribution in [0.15, 0.2) is 0 Å². The lowest BCUT2D eigenvalue weighted by molar-refractivity contribution is -0.156. The maximum Gasteiger partial charge on any atom is 0.324 e. The zero-order chi connectivity index (χ0) is 15.8. The van der Waals surface area contributed by atoms with E-state index in [0.29, 0.717) is 0 Å². The highest BCUT2D eigenvalue weighted by atomic mass is 32.2. The molecule has 118 valence electrons. The fourth-order valence-corrected chi connectivity index (χ4v) is 6.03. The van der Waals surface area contributed by atoms with Gasteiger partial charge in [0.25, 0.3) is 0 Å². The fourth-order valence-electron chi connectivity index (χ4n) is 1.79. The van der Waals surface area contributed by atoms with Gasteiger partial charge in [-0.05, 0) is 34.1 Å². The molecule has 1 aliphatic rings. The first-order valence-electron chi connectivity index (χ1n) is 6.27. The largest absolute Gasteiger partial charge is 0.459 e. The van der Waals surface area contributed by atoms with Crippen LogP contribution in [0.2, 0.25) is 0 Å². The van der Waals surface area contributed by atoms with Crippen molar-refractivity contribution in [1.29, 1.82) is 0 Å². The van der Waals surface area contributed by atoms with Gasteiger partial charge in [-0.15, -0.1) is 0 Å². The minimum Gasteiger partial charge on any atom is -0.459 e. The smallest absolute Gasteiger partial charge is 0.324 e. The Hall–Kier alpha value is -0.670. The van der Waals surface area contributed by atoms with E-state index in [9.17, 15) is 21.6 Å². The molecule has 1 aliphatic heterocycles. The molecule has 0 saturated carbocycles. The quantitative estimate of drug-likeness (QED) is 0.718. The maximum atomic E-state index is 12.0. The molecule has 0 aromatic heterocycles. The molecule has 1 rings (SSSR count). The average molecular weight is 327 g/mol. The number of carbonyl (C=O) groups excluding carboxylic acids is 1. The SMILES string of the molecule is C[C@@H](NS(=O)(=O)C1CCS(=O)(=O)C1)C(=O)OC(C)(C)C. The number of sulfone groups is 1. The second-order valence-corrected chi connectivity index (χ2v) is 10.2. The van der Waals surface area contributed by atoms with Crippen molar-refractivity contribution in [3.05, 3.63) is 0 Å². The third-order valence-electron chi connectivity index (χ3n) is 2.73. The summed E-state index contributed by atoms with van der Waals surface area (Å²) < 4.78 is 53.9. The van der Waals surface area contributed by atoms with E-state index in [1.54, 1.807) is 20.8 Å². The Kier molecular flexibility index (Phi) is 4.87. The van der Waals surface area contributed by atoms with Crippen LogP contribution in [0, 0.1) is 0 Å². The van der Waals surface area contributed by atoms with Crippen LogP contribution in [0.25, 0.3) is 0 Å². The molecule has 0 aliphatic carbocycles. The molecule has 20 heavy (non-hydrogen) atoms. The van der Waals surface area contributed by atoms with Gasteiger partial charge in [0.2, 0.25) is 10.0 Å². The Morgan fingerprint density at radius 3 is 2.30 bits per heavy atom. The summed E-state index contributed by atoms with van der Waals surface area (Å²) >= 11 is 0. The molecule has 0 amide bonds. The molecule has 1 saturated heterocycles. The standard InChI is InChI=1S/C11H21NO6S2/c1-8(10(13)18-11(2,3)4)12-20(16,17)9-5-6-19(14,15)7-9/h8-9,12H,5-7H2,1-4H3/t8-,9?/m1/s1. The fraction of sp³-hybridized carbons (Fsp3) is 0.909. The van der Waals surface area contributed by atoms with Crippen LogP contribution < -0.4 is 4.72 Å². The highest BCUT2D eigenvalue weighted by Crippen LogP contribution is 2.19. The van der Waals surface area contributed by atoms with E-state index in [2.05, 4.69) is 4.72 Å². The Bertz CT molecular complexity index is 573. The monoisotopic (exact) mass is 327 g/mol. The minimum atomic E-state index is -3.86. The number of hydrogen-bond donors (Lipinski definition) is 1. The van der Waals surface area contributed by atoms with Crippen molar-refractivity contribution in [1.82, 2.24) is 4.72 Å². The molecule has 2 atom stereocenters. The third kappa shape index (κ3) is 5.02. The second-order valence-electron chi connectivity index (χ2n) is 5.94. The molecule has 0 aromatic carbocycles. The van der Waals surface area contributed by atoms with Crippen molar-refractivity contribution in [3.63, 3.8) is 0 Å². The molecule has 1 N–H and O–H groups in total. The van der Waals surface area contributed by atoms with Crippen molar-refractivity contribution in [2.45, 2.75) is 51.0 Å². The van der Waals surface area contributed by atoms with Gasteiger partial charge < -0.3 is 4.74 Å². The first-order chi connectivity index (χ1) is 8.82. The molecular formula is C11H21NO6S2. The summed E-state index contributed by atoms with van der Waals surface area (Å²) in [5.41, 5.74) is -0.715. The average Bonchev–Trinajstić information content (AvgIpc) is 2.56. The minimum absolute atomic E-state index is 0.0543. The van der Waals surface area contributed by atoms with Gasteiger partial charge in [-0.1, -0.05) is 0 Å². The summed E-state index contributed by atoms with van der Waals surface area (Å²) in [5, 5.41) is -1.00. The zero-order valence-electron chi connectivity index (χ0n) is 12.0. The van der Waals surface area contributed by atoms with Crippen LogP contribution >= 0.6 is 0 Å². The summed E-state index contributed by atoms with van der Waals surface area (Å²) in [6, 6.07) is -1.05. The van der Waals surface area contributed by atoms with Crippen molar-refractivity contribution < 1.29 is 26.4 Å². The topological polar surface area (TPSA) is 107 Å². The van der Waals surface area contributed by atoms with Crippen molar-refractivity contribution in [2.75, 3.05) is 11.5 Å². The van der Waals surface area contributed by atoms with E-state index in [4.69, 9.17) is 4.74 Å². The maximum absolute atomic E-state index is 12.0. The summed E-state index contributed by atoms with van der Waals surface area (Å²) in [7, 11) is -7.16. The molecule has 9 heteroatoms. The lowest BCUT2D eigenvalue weighted by Gasteiger charge is -2.23. The van der Waals surface area contributed by atoms with Crippen LogP contribution in [0.3, 0.4) is 0 Å². The molecule has 1 unspecified atom stereocenters. The van der Waals surface area contributed by atoms with Gasteiger partial charge in [-0.3, -0.25) is 4.79 Å². The second kappa shape index (κ2) is 5.61. The number of ether oxygens (including phenoxy) is 1. The van der Waals surface area contributed by atoms with Gasteiger partial charge in [0, 0.05) is 0 Å². The third-order valence-corrected chi connectivity index (χ3v) is 6.67. The van der Waals surface area contributed by atoms with E-state index < -0.39 is 48.5 Å². The Labute approximate surface area is 120 Å². The summed E-state index contributed by atoms with van der Waals surface area (Å²) in [6.45, 7) is 6.40. The normalized spacial score (nSPS) is 24.3. The van der Waals surface area contributed by atoms with Crippen LogP contribution in [0.4, 0.5) is 0 Å². The predicted molar refractivity (Wildman–Crippen MR) is 74.4 cm³/mol. The Morgan fingerprint density at radius 1 is 1.35 bits per heavy atom. The molecular weight excluding hydrogens is 306 g/mol.